The predicted molar refractivity (Wildman–Crippen MR) is 82.2 cm³/mol. The van der Waals surface area contributed by atoms with Crippen molar-refractivity contribution < 1.29 is 9.72 Å². The van der Waals surface area contributed by atoms with Crippen molar-refractivity contribution in [2.75, 3.05) is 13.1 Å². The number of nitro groups is 1. The second-order valence-electron chi connectivity index (χ2n) is 6.38. The molecule has 3 unspecified atom stereocenters. The summed E-state index contributed by atoms with van der Waals surface area (Å²) < 4.78 is 0. The number of nitrogens with zero attached hydrogens (tertiary/aromatic N) is 2. The highest BCUT2D eigenvalue weighted by atomic mass is 16.6. The lowest BCUT2D eigenvalue weighted by Gasteiger charge is -2.29. The summed E-state index contributed by atoms with van der Waals surface area (Å²) in [5, 5.41) is 11.0. The maximum atomic E-state index is 12.5. The molecule has 1 aliphatic heterocycles. The van der Waals surface area contributed by atoms with Crippen molar-refractivity contribution in [2.45, 2.75) is 31.7 Å². The molecule has 118 valence electrons. The lowest BCUT2D eigenvalue weighted by atomic mass is 9.78. The van der Waals surface area contributed by atoms with Gasteiger partial charge in [-0.3, -0.25) is 14.9 Å². The molecule has 2 fully saturated rings. The summed E-state index contributed by atoms with van der Waals surface area (Å²) in [6.07, 6.45) is 3.39. The summed E-state index contributed by atoms with van der Waals surface area (Å²) in [4.78, 5) is 25.0. The molecule has 1 aliphatic carbocycles. The molecule has 1 amide bonds. The van der Waals surface area contributed by atoms with Crippen molar-refractivity contribution in [3.63, 3.8) is 0 Å². The smallest absolute Gasteiger partial charge is 0.273 e. The van der Waals surface area contributed by atoms with E-state index in [4.69, 9.17) is 5.73 Å². The van der Waals surface area contributed by atoms with Crippen molar-refractivity contribution in [1.82, 2.24) is 4.90 Å². The van der Waals surface area contributed by atoms with Crippen molar-refractivity contribution >= 4 is 11.6 Å². The Hall–Kier alpha value is -1.95. The van der Waals surface area contributed by atoms with E-state index in [2.05, 4.69) is 0 Å². The van der Waals surface area contributed by atoms with Crippen LogP contribution in [-0.2, 0) is 11.2 Å². The fraction of sp³-hybridized carbons (Fsp3) is 0.562. The molecule has 1 heterocycles. The second-order valence-corrected chi connectivity index (χ2v) is 6.38. The molecular formula is C16H21N3O3. The fourth-order valence-corrected chi connectivity index (χ4v) is 3.83. The average molecular weight is 303 g/mol. The summed E-state index contributed by atoms with van der Waals surface area (Å²) in [5.41, 5.74) is 6.67. The van der Waals surface area contributed by atoms with Crippen LogP contribution in [0.4, 0.5) is 5.69 Å². The number of nitro benzene ring substituents is 1. The molecule has 2 N–H and O–H groups in total. The standard InChI is InChI=1S/C16H21N3O3/c17-14-6-3-5-12-9-18(10-13(12)14)16(20)8-11-4-1-2-7-15(11)19(21)22/h1-2,4,7,12-14H,3,5-6,8-10,17H2. The van der Waals surface area contributed by atoms with Crippen LogP contribution in [0.5, 0.6) is 0 Å². The zero-order valence-electron chi connectivity index (χ0n) is 12.5. The van der Waals surface area contributed by atoms with E-state index < -0.39 is 4.92 Å². The first-order chi connectivity index (χ1) is 10.6. The van der Waals surface area contributed by atoms with Gasteiger partial charge in [0, 0.05) is 30.8 Å². The first-order valence-corrected chi connectivity index (χ1v) is 7.82. The Labute approximate surface area is 129 Å². The van der Waals surface area contributed by atoms with Gasteiger partial charge in [0.2, 0.25) is 5.91 Å². The SMILES string of the molecule is NC1CCCC2CN(C(=O)Cc3ccccc3[N+](=O)[O-])CC12. The number of carbonyl (C=O) groups is 1. The molecule has 2 aliphatic rings. The molecular weight excluding hydrogens is 282 g/mol. The van der Waals surface area contributed by atoms with Crippen LogP contribution in [0.3, 0.4) is 0 Å². The number of carbonyl (C=O) groups excluding carboxylic acids is 1. The summed E-state index contributed by atoms with van der Waals surface area (Å²) >= 11 is 0. The second kappa shape index (κ2) is 6.04. The van der Waals surface area contributed by atoms with Gasteiger partial charge in [-0.25, -0.2) is 0 Å². The fourth-order valence-electron chi connectivity index (χ4n) is 3.83. The summed E-state index contributed by atoms with van der Waals surface area (Å²) in [5.74, 6) is 0.859. The largest absolute Gasteiger partial charge is 0.342 e. The number of rotatable bonds is 3. The van der Waals surface area contributed by atoms with Crippen LogP contribution in [-0.4, -0.2) is 34.9 Å². The summed E-state index contributed by atoms with van der Waals surface area (Å²) in [6, 6.07) is 6.64. The van der Waals surface area contributed by atoms with Crippen molar-refractivity contribution in [3.05, 3.63) is 39.9 Å². The first kappa shape index (κ1) is 15.0. The van der Waals surface area contributed by atoms with Gasteiger partial charge in [-0.1, -0.05) is 24.6 Å². The monoisotopic (exact) mass is 303 g/mol. The lowest BCUT2D eigenvalue weighted by Crippen LogP contribution is -2.38. The molecule has 0 radical (unpaired) electrons. The number of fused-ring (bicyclic) bond motifs is 1. The molecule has 3 rings (SSSR count). The van der Waals surface area contributed by atoms with Crippen molar-refractivity contribution in [1.29, 1.82) is 0 Å². The molecule has 1 aromatic rings. The number of nitrogens with two attached hydrogens (primary N) is 1. The van der Waals surface area contributed by atoms with Gasteiger partial charge in [-0.15, -0.1) is 0 Å². The maximum absolute atomic E-state index is 12.5. The Balaban J connectivity index is 1.70. The van der Waals surface area contributed by atoms with Crippen LogP contribution < -0.4 is 5.73 Å². The molecule has 1 saturated heterocycles. The number of hydrogen-bond donors (Lipinski definition) is 1. The van der Waals surface area contributed by atoms with Crippen LogP contribution in [0.1, 0.15) is 24.8 Å². The van der Waals surface area contributed by atoms with Gasteiger partial charge >= 0.3 is 0 Å². The number of benzene rings is 1. The van der Waals surface area contributed by atoms with Crippen molar-refractivity contribution in [3.8, 4) is 0 Å². The summed E-state index contributed by atoms with van der Waals surface area (Å²) in [6.45, 7) is 1.45. The average Bonchev–Trinajstić information content (AvgIpc) is 2.93. The highest BCUT2D eigenvalue weighted by molar-refractivity contribution is 5.80. The first-order valence-electron chi connectivity index (χ1n) is 7.82. The Morgan fingerprint density at radius 1 is 1.32 bits per heavy atom. The lowest BCUT2D eigenvalue weighted by molar-refractivity contribution is -0.385. The van der Waals surface area contributed by atoms with Crippen molar-refractivity contribution in [2.24, 2.45) is 17.6 Å². The molecule has 6 heteroatoms. The van der Waals surface area contributed by atoms with E-state index in [1.165, 1.54) is 6.07 Å². The maximum Gasteiger partial charge on any atom is 0.273 e. The van der Waals surface area contributed by atoms with E-state index in [0.717, 1.165) is 25.8 Å². The van der Waals surface area contributed by atoms with Gasteiger partial charge in [0.25, 0.3) is 5.69 Å². The Bertz CT molecular complexity index is 590. The molecule has 0 bridgehead atoms. The number of amides is 1. The molecule has 0 aromatic heterocycles. The summed E-state index contributed by atoms with van der Waals surface area (Å²) in [7, 11) is 0. The van der Waals surface area contributed by atoms with Gasteiger partial charge in [-0.05, 0) is 24.7 Å². The predicted octanol–water partition coefficient (Wildman–Crippen LogP) is 1.72. The van der Waals surface area contributed by atoms with Gasteiger partial charge in [-0.2, -0.15) is 0 Å². The third kappa shape index (κ3) is 2.83. The van der Waals surface area contributed by atoms with E-state index in [1.807, 2.05) is 4.90 Å². The minimum atomic E-state index is -0.428. The van der Waals surface area contributed by atoms with Crippen LogP contribution in [0.25, 0.3) is 0 Å². The third-order valence-electron chi connectivity index (χ3n) is 5.04. The molecule has 6 nitrogen and oxygen atoms in total. The van der Waals surface area contributed by atoms with E-state index in [0.29, 0.717) is 23.9 Å². The van der Waals surface area contributed by atoms with Crippen LogP contribution in [0, 0.1) is 22.0 Å². The zero-order valence-corrected chi connectivity index (χ0v) is 12.5. The van der Waals surface area contributed by atoms with Gasteiger partial charge < -0.3 is 10.6 Å². The Morgan fingerprint density at radius 3 is 2.82 bits per heavy atom. The van der Waals surface area contributed by atoms with E-state index in [-0.39, 0.29) is 24.1 Å². The highest BCUT2D eigenvalue weighted by Gasteiger charge is 2.40. The number of hydrogen-bond acceptors (Lipinski definition) is 4. The minimum Gasteiger partial charge on any atom is -0.342 e. The van der Waals surface area contributed by atoms with E-state index in [1.54, 1.807) is 18.2 Å². The number of likely N-dealkylation sites (tertiary alicyclic amines) is 1. The van der Waals surface area contributed by atoms with Gasteiger partial charge in [0.1, 0.15) is 0 Å². The van der Waals surface area contributed by atoms with E-state index >= 15 is 0 Å². The minimum absolute atomic E-state index is 0.0177. The molecule has 1 saturated carbocycles. The molecule has 0 spiro atoms. The molecule has 3 atom stereocenters. The Morgan fingerprint density at radius 2 is 2.09 bits per heavy atom. The van der Waals surface area contributed by atoms with Crippen LogP contribution in [0.15, 0.2) is 24.3 Å². The van der Waals surface area contributed by atoms with Gasteiger partial charge in [0.15, 0.2) is 0 Å². The Kier molecular flexibility index (Phi) is 4.11. The van der Waals surface area contributed by atoms with E-state index in [9.17, 15) is 14.9 Å². The molecule has 22 heavy (non-hydrogen) atoms. The topological polar surface area (TPSA) is 89.5 Å². The normalized spacial score (nSPS) is 27.5. The van der Waals surface area contributed by atoms with Crippen LogP contribution >= 0.6 is 0 Å². The number of para-hydroxylation sites is 1. The van der Waals surface area contributed by atoms with Crippen LogP contribution in [0.2, 0.25) is 0 Å². The van der Waals surface area contributed by atoms with Gasteiger partial charge in [0.05, 0.1) is 11.3 Å². The zero-order chi connectivity index (χ0) is 15.7. The third-order valence-corrected chi connectivity index (χ3v) is 5.04. The highest BCUT2D eigenvalue weighted by Crippen LogP contribution is 2.35. The molecule has 1 aromatic carbocycles. The quantitative estimate of drug-likeness (QED) is 0.680.